The summed E-state index contributed by atoms with van der Waals surface area (Å²) in [5.74, 6) is 0.867. The molecule has 1 heterocycles. The van der Waals surface area contributed by atoms with E-state index < -0.39 is 0 Å². The third kappa shape index (κ3) is 7.46. The van der Waals surface area contributed by atoms with Crippen LogP contribution in [-0.2, 0) is 13.1 Å². The van der Waals surface area contributed by atoms with E-state index in [1.165, 1.54) is 16.8 Å². The highest BCUT2D eigenvalue weighted by Crippen LogP contribution is 2.04. The molecule has 6 heteroatoms. The Kier molecular flexibility index (Phi) is 9.55. The predicted molar refractivity (Wildman–Crippen MR) is 116 cm³/mol. The van der Waals surface area contributed by atoms with Crippen molar-refractivity contribution in [2.24, 2.45) is 4.99 Å². The van der Waals surface area contributed by atoms with Crippen LogP contribution in [-0.4, -0.2) is 28.8 Å². The number of hydrogen-bond donors (Lipinski definition) is 2. The summed E-state index contributed by atoms with van der Waals surface area (Å²) < 4.78 is 2.06. The zero-order valence-corrected chi connectivity index (χ0v) is 18.0. The summed E-state index contributed by atoms with van der Waals surface area (Å²) in [6, 6.07) is 10.6. The molecule has 0 spiro atoms. The standard InChI is InChI=1S/C19H29N5.HI/c1-5-20-19(22-14-18-9-7-15(2)8-10-18)21-11-6-12-24-17(4)13-16(3)23-24;/h7-10,13H,5-6,11-12,14H2,1-4H3,(H2,20,21,22);1H. The van der Waals surface area contributed by atoms with Crippen LogP contribution in [0.25, 0.3) is 0 Å². The van der Waals surface area contributed by atoms with Crippen molar-refractivity contribution in [1.82, 2.24) is 20.4 Å². The zero-order chi connectivity index (χ0) is 17.4. The molecule has 0 bridgehead atoms. The highest BCUT2D eigenvalue weighted by molar-refractivity contribution is 14.0. The molecule has 0 radical (unpaired) electrons. The molecule has 0 atom stereocenters. The van der Waals surface area contributed by atoms with Gasteiger partial charge >= 0.3 is 0 Å². The molecule has 0 saturated heterocycles. The van der Waals surface area contributed by atoms with E-state index in [1.807, 2.05) is 6.92 Å². The van der Waals surface area contributed by atoms with Gasteiger partial charge in [0.1, 0.15) is 0 Å². The lowest BCUT2D eigenvalue weighted by molar-refractivity contribution is 0.555. The smallest absolute Gasteiger partial charge is 0.191 e. The molecule has 138 valence electrons. The lowest BCUT2D eigenvalue weighted by Crippen LogP contribution is -2.38. The Labute approximate surface area is 168 Å². The van der Waals surface area contributed by atoms with E-state index in [-0.39, 0.29) is 24.0 Å². The van der Waals surface area contributed by atoms with Gasteiger partial charge in [0, 0.05) is 25.3 Å². The number of aryl methyl sites for hydroxylation is 4. The Hall–Kier alpha value is -1.57. The number of nitrogens with one attached hydrogen (secondary N) is 2. The molecule has 0 saturated carbocycles. The van der Waals surface area contributed by atoms with Crippen molar-refractivity contribution in [2.75, 3.05) is 13.1 Å². The van der Waals surface area contributed by atoms with E-state index in [0.717, 1.165) is 37.7 Å². The lowest BCUT2D eigenvalue weighted by Gasteiger charge is -2.12. The summed E-state index contributed by atoms with van der Waals surface area (Å²) in [6.07, 6.45) is 1.01. The van der Waals surface area contributed by atoms with Gasteiger partial charge in [-0.2, -0.15) is 5.10 Å². The first-order valence-electron chi connectivity index (χ1n) is 8.67. The number of rotatable bonds is 7. The molecule has 0 amide bonds. The number of aromatic nitrogens is 2. The molecule has 0 aliphatic carbocycles. The first-order chi connectivity index (χ1) is 11.6. The van der Waals surface area contributed by atoms with Gasteiger partial charge < -0.3 is 10.6 Å². The molecule has 0 fully saturated rings. The molecule has 0 unspecified atom stereocenters. The lowest BCUT2D eigenvalue weighted by atomic mass is 10.1. The summed E-state index contributed by atoms with van der Waals surface area (Å²) in [6.45, 7) is 11.6. The third-order valence-corrected chi connectivity index (χ3v) is 3.83. The van der Waals surface area contributed by atoms with E-state index in [4.69, 9.17) is 0 Å². The quantitative estimate of drug-likeness (QED) is 0.291. The number of hydrogen-bond acceptors (Lipinski definition) is 2. The van der Waals surface area contributed by atoms with Crippen LogP contribution in [0.1, 0.15) is 35.9 Å². The number of aliphatic imine (C=N–C) groups is 1. The summed E-state index contributed by atoms with van der Waals surface area (Å²) in [7, 11) is 0. The zero-order valence-electron chi connectivity index (χ0n) is 15.7. The fraction of sp³-hybridized carbons (Fsp3) is 0.474. The molecule has 1 aromatic heterocycles. The average molecular weight is 455 g/mol. The van der Waals surface area contributed by atoms with E-state index in [0.29, 0.717) is 6.54 Å². The minimum absolute atomic E-state index is 0. The molecule has 1 aromatic carbocycles. The molecule has 0 aliphatic rings. The molecule has 2 rings (SSSR count). The van der Waals surface area contributed by atoms with E-state index in [2.05, 4.69) is 76.5 Å². The molecule has 0 aliphatic heterocycles. The van der Waals surface area contributed by atoms with E-state index in [1.54, 1.807) is 0 Å². The predicted octanol–water partition coefficient (Wildman–Crippen LogP) is 3.57. The molecule has 5 nitrogen and oxygen atoms in total. The van der Waals surface area contributed by atoms with Crippen molar-refractivity contribution >= 4 is 29.9 Å². The van der Waals surface area contributed by atoms with Crippen molar-refractivity contribution < 1.29 is 0 Å². The summed E-state index contributed by atoms with van der Waals surface area (Å²) in [4.78, 5) is 4.65. The number of benzene rings is 1. The summed E-state index contributed by atoms with van der Waals surface area (Å²) in [5, 5.41) is 11.2. The highest BCUT2D eigenvalue weighted by Gasteiger charge is 2.01. The fourth-order valence-electron chi connectivity index (χ4n) is 2.54. The van der Waals surface area contributed by atoms with Gasteiger partial charge in [0.15, 0.2) is 5.96 Å². The molecule has 2 aromatic rings. The third-order valence-electron chi connectivity index (χ3n) is 3.83. The first kappa shape index (κ1) is 21.5. The first-order valence-corrected chi connectivity index (χ1v) is 8.67. The van der Waals surface area contributed by atoms with Crippen LogP contribution in [0.3, 0.4) is 0 Å². The Morgan fingerprint density at radius 2 is 1.84 bits per heavy atom. The minimum atomic E-state index is 0. The normalized spacial score (nSPS) is 11.1. The Balaban J connectivity index is 0.00000312. The van der Waals surface area contributed by atoms with Gasteiger partial charge in [-0.3, -0.25) is 4.68 Å². The van der Waals surface area contributed by atoms with Crippen LogP contribution < -0.4 is 10.6 Å². The van der Waals surface area contributed by atoms with E-state index >= 15 is 0 Å². The van der Waals surface area contributed by atoms with Crippen molar-refractivity contribution in [3.8, 4) is 0 Å². The Morgan fingerprint density at radius 3 is 2.44 bits per heavy atom. The Bertz CT molecular complexity index is 661. The van der Waals surface area contributed by atoms with Crippen molar-refractivity contribution in [2.45, 2.75) is 47.2 Å². The van der Waals surface area contributed by atoms with Gasteiger partial charge in [0.05, 0.1) is 12.2 Å². The summed E-state index contributed by atoms with van der Waals surface area (Å²) >= 11 is 0. The van der Waals surface area contributed by atoms with E-state index in [9.17, 15) is 0 Å². The van der Waals surface area contributed by atoms with Gasteiger partial charge in [-0.05, 0) is 45.7 Å². The van der Waals surface area contributed by atoms with Gasteiger partial charge in [-0.25, -0.2) is 4.99 Å². The molecular weight excluding hydrogens is 425 g/mol. The van der Waals surface area contributed by atoms with Crippen molar-refractivity contribution in [1.29, 1.82) is 0 Å². The molecule has 25 heavy (non-hydrogen) atoms. The number of guanidine groups is 1. The minimum Gasteiger partial charge on any atom is -0.357 e. The molecule has 2 N–H and O–H groups in total. The second-order valence-corrected chi connectivity index (χ2v) is 6.11. The van der Waals surface area contributed by atoms with Crippen LogP contribution in [0.15, 0.2) is 35.3 Å². The van der Waals surface area contributed by atoms with Crippen molar-refractivity contribution in [3.05, 3.63) is 52.8 Å². The topological polar surface area (TPSA) is 54.2 Å². The second-order valence-electron chi connectivity index (χ2n) is 6.11. The molecular formula is C19H30IN5. The monoisotopic (exact) mass is 455 g/mol. The second kappa shape index (κ2) is 11.1. The van der Waals surface area contributed by atoms with Crippen LogP contribution >= 0.6 is 24.0 Å². The van der Waals surface area contributed by atoms with Gasteiger partial charge in [0.2, 0.25) is 0 Å². The summed E-state index contributed by atoms with van der Waals surface area (Å²) in [5.41, 5.74) is 4.79. The average Bonchev–Trinajstić information content (AvgIpc) is 2.88. The van der Waals surface area contributed by atoms with Crippen LogP contribution in [0, 0.1) is 20.8 Å². The Morgan fingerprint density at radius 1 is 1.12 bits per heavy atom. The van der Waals surface area contributed by atoms with Crippen molar-refractivity contribution in [3.63, 3.8) is 0 Å². The SMILES string of the molecule is CCNC(=NCc1ccc(C)cc1)NCCCn1nc(C)cc1C.I. The largest absolute Gasteiger partial charge is 0.357 e. The van der Waals surface area contributed by atoms with Crippen LogP contribution in [0.5, 0.6) is 0 Å². The van der Waals surface area contributed by atoms with Crippen LogP contribution in [0.4, 0.5) is 0 Å². The maximum Gasteiger partial charge on any atom is 0.191 e. The highest BCUT2D eigenvalue weighted by atomic mass is 127. The van der Waals surface area contributed by atoms with Gasteiger partial charge in [-0.15, -0.1) is 24.0 Å². The maximum atomic E-state index is 4.65. The van der Waals surface area contributed by atoms with Gasteiger partial charge in [-0.1, -0.05) is 29.8 Å². The van der Waals surface area contributed by atoms with Crippen LogP contribution in [0.2, 0.25) is 0 Å². The number of halogens is 1. The maximum absolute atomic E-state index is 4.65. The fourth-order valence-corrected chi connectivity index (χ4v) is 2.54. The number of nitrogens with zero attached hydrogens (tertiary/aromatic N) is 3. The van der Waals surface area contributed by atoms with Gasteiger partial charge in [0.25, 0.3) is 0 Å².